The molecule has 1 N–H and O–H groups in total. The van der Waals surface area contributed by atoms with Crippen molar-refractivity contribution in [3.8, 4) is 0 Å². The van der Waals surface area contributed by atoms with Crippen molar-refractivity contribution in [2.24, 2.45) is 0 Å². The number of aryl methyl sites for hydroxylation is 4. The summed E-state index contributed by atoms with van der Waals surface area (Å²) in [6, 6.07) is 10.4. The van der Waals surface area contributed by atoms with Crippen molar-refractivity contribution in [2.75, 3.05) is 0 Å². The molecule has 0 bridgehead atoms. The normalized spacial score (nSPS) is 10.5. The first kappa shape index (κ1) is 17.9. The number of aromatic nitrogens is 4. The van der Waals surface area contributed by atoms with Gasteiger partial charge in [-0.25, -0.2) is 0 Å². The first-order valence-corrected chi connectivity index (χ1v) is 8.60. The molecule has 128 valence electrons. The molecule has 0 saturated heterocycles. The van der Waals surface area contributed by atoms with E-state index >= 15 is 0 Å². The summed E-state index contributed by atoms with van der Waals surface area (Å²) in [5.41, 5.74) is 3.74. The summed E-state index contributed by atoms with van der Waals surface area (Å²) in [6.07, 6.45) is 4.15. The number of rotatable bonds is 4. The van der Waals surface area contributed by atoms with Crippen LogP contribution < -0.4 is 5.56 Å². The van der Waals surface area contributed by atoms with E-state index in [1.54, 1.807) is 6.07 Å². The van der Waals surface area contributed by atoms with Crippen LogP contribution in [0.1, 0.15) is 49.8 Å². The summed E-state index contributed by atoms with van der Waals surface area (Å²) in [7, 11) is 0. The molecule has 0 aliphatic rings. The number of aromatic amines is 1. The minimum Gasteiger partial charge on any atom is -0.291 e. The van der Waals surface area contributed by atoms with E-state index < -0.39 is 0 Å². The predicted octanol–water partition coefficient (Wildman–Crippen LogP) is 3.49. The fourth-order valence-corrected chi connectivity index (χ4v) is 2.66. The van der Waals surface area contributed by atoms with Gasteiger partial charge in [-0.1, -0.05) is 51.5 Å². The molecule has 0 radical (unpaired) electrons. The van der Waals surface area contributed by atoms with E-state index in [0.717, 1.165) is 37.2 Å². The van der Waals surface area contributed by atoms with Crippen molar-refractivity contribution < 1.29 is 0 Å². The monoisotopic (exact) mass is 326 g/mol. The quantitative estimate of drug-likeness (QED) is 0.798. The van der Waals surface area contributed by atoms with Crippen LogP contribution in [0.5, 0.6) is 0 Å². The Balaban J connectivity index is 0.000000185. The number of H-pyrrole nitrogens is 1. The van der Waals surface area contributed by atoms with Crippen LogP contribution in [0, 0.1) is 6.92 Å². The number of benzene rings is 1. The second-order valence-corrected chi connectivity index (χ2v) is 5.81. The van der Waals surface area contributed by atoms with E-state index in [2.05, 4.69) is 60.2 Å². The van der Waals surface area contributed by atoms with Crippen molar-refractivity contribution >= 4 is 5.78 Å². The molecule has 5 heteroatoms. The van der Waals surface area contributed by atoms with Gasteiger partial charge in [0.1, 0.15) is 5.82 Å². The highest BCUT2D eigenvalue weighted by Gasteiger charge is 2.06. The smallest absolute Gasteiger partial charge is 0.252 e. The van der Waals surface area contributed by atoms with Gasteiger partial charge in [0, 0.05) is 11.8 Å². The molecule has 5 nitrogen and oxygen atoms in total. The van der Waals surface area contributed by atoms with Crippen molar-refractivity contribution in [3.63, 3.8) is 0 Å². The van der Waals surface area contributed by atoms with E-state index in [-0.39, 0.29) is 5.56 Å². The van der Waals surface area contributed by atoms with Crippen molar-refractivity contribution in [2.45, 2.75) is 53.4 Å². The second-order valence-electron chi connectivity index (χ2n) is 5.81. The Bertz CT molecular complexity index is 829. The molecular weight excluding hydrogens is 300 g/mol. The summed E-state index contributed by atoms with van der Waals surface area (Å²) in [6.45, 7) is 8.33. The van der Waals surface area contributed by atoms with Crippen molar-refractivity contribution in [3.05, 3.63) is 63.3 Å². The molecule has 0 amide bonds. The summed E-state index contributed by atoms with van der Waals surface area (Å²) < 4.78 is 1.88. The van der Waals surface area contributed by atoms with Gasteiger partial charge in [0.05, 0.1) is 0 Å². The third-order valence-corrected chi connectivity index (χ3v) is 3.96. The molecule has 0 aliphatic heterocycles. The van der Waals surface area contributed by atoms with Crippen LogP contribution in [0.2, 0.25) is 0 Å². The van der Waals surface area contributed by atoms with Gasteiger partial charge in [-0.3, -0.25) is 14.2 Å². The van der Waals surface area contributed by atoms with Gasteiger partial charge in [0.15, 0.2) is 0 Å². The summed E-state index contributed by atoms with van der Waals surface area (Å²) >= 11 is 0. The van der Waals surface area contributed by atoms with Crippen LogP contribution in [-0.4, -0.2) is 19.6 Å². The number of hydrogen-bond acceptors (Lipinski definition) is 3. The Morgan fingerprint density at radius 1 is 1.04 bits per heavy atom. The fraction of sp³-hybridized carbons (Fsp3) is 0.421. The molecule has 0 aliphatic carbocycles. The predicted molar refractivity (Wildman–Crippen MR) is 97.5 cm³/mol. The topological polar surface area (TPSA) is 63.0 Å². The Morgan fingerprint density at radius 3 is 2.29 bits per heavy atom. The molecular formula is C19H26N4O. The van der Waals surface area contributed by atoms with Crippen molar-refractivity contribution in [1.82, 2.24) is 19.6 Å². The number of hydrogen-bond donors (Lipinski definition) is 1. The van der Waals surface area contributed by atoms with E-state index in [4.69, 9.17) is 0 Å². The lowest BCUT2D eigenvalue weighted by molar-refractivity contribution is 0.830. The van der Waals surface area contributed by atoms with E-state index in [1.165, 1.54) is 11.1 Å². The van der Waals surface area contributed by atoms with Crippen LogP contribution in [0.4, 0.5) is 0 Å². The highest BCUT2D eigenvalue weighted by molar-refractivity contribution is 5.30. The first-order valence-electron chi connectivity index (χ1n) is 8.60. The Hall–Kier alpha value is -2.43. The Labute approximate surface area is 142 Å². The van der Waals surface area contributed by atoms with Crippen LogP contribution in [0.15, 0.2) is 35.1 Å². The number of nitrogens with zero attached hydrogens (tertiary/aromatic N) is 3. The largest absolute Gasteiger partial charge is 0.291 e. The average Bonchev–Trinajstić information content (AvgIpc) is 2.96. The summed E-state index contributed by atoms with van der Waals surface area (Å²) in [5, 5.41) is 7.80. The van der Waals surface area contributed by atoms with Gasteiger partial charge in [-0.05, 0) is 37.3 Å². The average molecular weight is 326 g/mol. The van der Waals surface area contributed by atoms with E-state index in [9.17, 15) is 4.79 Å². The SMILES string of the molecule is CCCc1cc(=O)[nH]c2nnc(C)n12.CCc1cccc(CC)c1. The first-order chi connectivity index (χ1) is 11.6. The zero-order valence-electron chi connectivity index (χ0n) is 15.0. The maximum Gasteiger partial charge on any atom is 0.252 e. The zero-order chi connectivity index (χ0) is 17.5. The standard InChI is InChI=1S/C10H14.C9H12N4O/c1-3-9-6-5-7-10(4-2)8-9;1-3-4-7-5-8(14)10-9-12-11-6(2)13(7)9/h5-8H,3-4H2,1-2H3;5H,3-4H2,1-2H3,(H,10,12,14). The van der Waals surface area contributed by atoms with E-state index in [1.807, 2.05) is 11.3 Å². The summed E-state index contributed by atoms with van der Waals surface area (Å²) in [4.78, 5) is 13.9. The van der Waals surface area contributed by atoms with Gasteiger partial charge in [0.2, 0.25) is 5.78 Å². The molecule has 1 aromatic carbocycles. The molecule has 3 aromatic rings. The van der Waals surface area contributed by atoms with Crippen LogP contribution in [-0.2, 0) is 19.3 Å². The van der Waals surface area contributed by atoms with Gasteiger partial charge >= 0.3 is 0 Å². The molecule has 0 saturated carbocycles. The van der Waals surface area contributed by atoms with Gasteiger partial charge < -0.3 is 0 Å². The Morgan fingerprint density at radius 2 is 1.71 bits per heavy atom. The maximum atomic E-state index is 11.3. The van der Waals surface area contributed by atoms with Crippen LogP contribution in [0.25, 0.3) is 5.78 Å². The Kier molecular flexibility index (Phi) is 6.29. The minimum absolute atomic E-state index is 0.117. The summed E-state index contributed by atoms with van der Waals surface area (Å²) in [5.74, 6) is 1.33. The third-order valence-electron chi connectivity index (χ3n) is 3.96. The molecule has 24 heavy (non-hydrogen) atoms. The highest BCUT2D eigenvalue weighted by atomic mass is 16.1. The van der Waals surface area contributed by atoms with Gasteiger partial charge in [0.25, 0.3) is 5.56 Å². The lowest BCUT2D eigenvalue weighted by Crippen LogP contribution is -2.12. The highest BCUT2D eigenvalue weighted by Crippen LogP contribution is 2.06. The molecule has 0 atom stereocenters. The third kappa shape index (κ3) is 4.31. The maximum absolute atomic E-state index is 11.3. The van der Waals surface area contributed by atoms with Crippen LogP contribution >= 0.6 is 0 Å². The van der Waals surface area contributed by atoms with E-state index in [0.29, 0.717) is 5.78 Å². The zero-order valence-corrected chi connectivity index (χ0v) is 15.0. The molecule has 0 spiro atoms. The number of fused-ring (bicyclic) bond motifs is 1. The fourth-order valence-electron chi connectivity index (χ4n) is 2.66. The lowest BCUT2D eigenvalue weighted by Gasteiger charge is -2.02. The molecule has 3 rings (SSSR count). The molecule has 2 aromatic heterocycles. The van der Waals surface area contributed by atoms with Gasteiger partial charge in [-0.2, -0.15) is 0 Å². The van der Waals surface area contributed by atoms with Crippen LogP contribution in [0.3, 0.4) is 0 Å². The lowest BCUT2D eigenvalue weighted by atomic mass is 10.1. The second kappa shape index (κ2) is 8.43. The molecule has 2 heterocycles. The van der Waals surface area contributed by atoms with Gasteiger partial charge in [-0.15, -0.1) is 10.2 Å². The number of nitrogens with one attached hydrogen (secondary N) is 1. The molecule has 0 fully saturated rings. The van der Waals surface area contributed by atoms with Crippen molar-refractivity contribution in [1.29, 1.82) is 0 Å². The minimum atomic E-state index is -0.117. The molecule has 0 unspecified atom stereocenters.